The van der Waals surface area contributed by atoms with Crippen molar-refractivity contribution in [1.29, 1.82) is 0 Å². The Bertz CT molecular complexity index is 150. The second kappa shape index (κ2) is 15.3. The molecule has 0 spiro atoms. The molecular formula is C16H32ClO. The summed E-state index contributed by atoms with van der Waals surface area (Å²) in [6.45, 7) is 2.14. The first-order valence-corrected chi connectivity index (χ1v) is 8.47. The number of alkyl halides is 1. The fraction of sp³-hybridized carbons (Fsp3) is 1.00. The summed E-state index contributed by atoms with van der Waals surface area (Å²) in [5, 5.41) is 10.3. The van der Waals surface area contributed by atoms with E-state index in [1.807, 2.05) is 0 Å². The van der Waals surface area contributed by atoms with Gasteiger partial charge in [-0.1, -0.05) is 84.0 Å². The summed E-state index contributed by atoms with van der Waals surface area (Å²) >= 11 is 5.79. The van der Waals surface area contributed by atoms with Crippen LogP contribution < -0.4 is 0 Å². The Morgan fingerprint density at radius 2 is 1.11 bits per heavy atom. The Hall–Kier alpha value is 0.250. The van der Waals surface area contributed by atoms with Crippen molar-refractivity contribution in [3.63, 3.8) is 0 Å². The zero-order valence-electron chi connectivity index (χ0n) is 12.3. The van der Waals surface area contributed by atoms with Crippen LogP contribution in [0.4, 0.5) is 0 Å². The molecule has 1 unspecified atom stereocenters. The van der Waals surface area contributed by atoms with E-state index < -0.39 is 0 Å². The minimum Gasteiger partial charge on any atom is -0.235 e. The van der Waals surface area contributed by atoms with Crippen molar-refractivity contribution < 1.29 is 5.11 Å². The molecule has 0 saturated heterocycles. The highest BCUT2D eigenvalue weighted by Gasteiger charge is 2.02. The Balaban J connectivity index is 2.94. The van der Waals surface area contributed by atoms with Crippen molar-refractivity contribution >= 4 is 11.6 Å². The fourth-order valence-electron chi connectivity index (χ4n) is 2.29. The van der Waals surface area contributed by atoms with E-state index in [2.05, 4.69) is 6.92 Å². The quantitative estimate of drug-likeness (QED) is 0.269. The van der Waals surface area contributed by atoms with Gasteiger partial charge in [0.05, 0.1) is 12.0 Å². The molecule has 0 rings (SSSR count). The van der Waals surface area contributed by atoms with E-state index in [1.54, 1.807) is 0 Å². The second-order valence-electron chi connectivity index (χ2n) is 5.44. The van der Waals surface area contributed by atoms with Gasteiger partial charge in [-0.25, -0.2) is 5.11 Å². The highest BCUT2D eigenvalue weighted by atomic mass is 35.5. The molecular weight excluding hydrogens is 244 g/mol. The van der Waals surface area contributed by atoms with Crippen LogP contribution in [0.5, 0.6) is 0 Å². The number of halogens is 1. The van der Waals surface area contributed by atoms with Gasteiger partial charge < -0.3 is 0 Å². The summed E-state index contributed by atoms with van der Waals surface area (Å²) in [5.41, 5.74) is 0. The molecule has 0 N–H and O–H groups in total. The highest BCUT2D eigenvalue weighted by molar-refractivity contribution is 6.20. The van der Waals surface area contributed by atoms with Gasteiger partial charge in [0.1, 0.15) is 0 Å². The number of hydrogen-bond acceptors (Lipinski definition) is 0. The van der Waals surface area contributed by atoms with Gasteiger partial charge in [0.25, 0.3) is 0 Å². The molecule has 2 heteroatoms. The van der Waals surface area contributed by atoms with Crippen molar-refractivity contribution in [2.75, 3.05) is 6.61 Å². The summed E-state index contributed by atoms with van der Waals surface area (Å²) < 4.78 is 0. The third-order valence-electron chi connectivity index (χ3n) is 3.55. The van der Waals surface area contributed by atoms with E-state index in [-0.39, 0.29) is 12.0 Å². The molecule has 0 fully saturated rings. The molecule has 1 nitrogen and oxygen atoms in total. The molecule has 109 valence electrons. The summed E-state index contributed by atoms with van der Waals surface area (Å²) in [5.74, 6) is 0. The normalized spacial score (nSPS) is 12.8. The lowest BCUT2D eigenvalue weighted by Crippen LogP contribution is -2.02. The maximum absolute atomic E-state index is 10.4. The van der Waals surface area contributed by atoms with E-state index in [4.69, 9.17) is 11.6 Å². The van der Waals surface area contributed by atoms with E-state index in [1.165, 1.54) is 70.6 Å². The molecule has 18 heavy (non-hydrogen) atoms. The zero-order valence-corrected chi connectivity index (χ0v) is 13.0. The van der Waals surface area contributed by atoms with Crippen LogP contribution in [0.1, 0.15) is 90.4 Å². The van der Waals surface area contributed by atoms with Gasteiger partial charge in [0, 0.05) is 0 Å². The van der Waals surface area contributed by atoms with Gasteiger partial charge in [0.2, 0.25) is 0 Å². The van der Waals surface area contributed by atoms with Gasteiger partial charge in [-0.15, -0.1) is 11.6 Å². The van der Waals surface area contributed by atoms with Crippen LogP contribution >= 0.6 is 11.6 Å². The summed E-state index contributed by atoms with van der Waals surface area (Å²) in [7, 11) is 0. The SMILES string of the molecule is CCCCCCCCCCCCCCC(Cl)C[O]. The van der Waals surface area contributed by atoms with Gasteiger partial charge in [-0.3, -0.25) is 0 Å². The zero-order chi connectivity index (χ0) is 13.5. The first kappa shape index (κ1) is 18.2. The molecule has 1 radical (unpaired) electrons. The lowest BCUT2D eigenvalue weighted by Gasteiger charge is -2.04. The van der Waals surface area contributed by atoms with Crippen LogP contribution in [-0.4, -0.2) is 12.0 Å². The largest absolute Gasteiger partial charge is 0.235 e. The summed E-state index contributed by atoms with van der Waals surface area (Å²) in [6.07, 6.45) is 17.2. The maximum atomic E-state index is 10.4. The topological polar surface area (TPSA) is 19.9 Å². The maximum Gasteiger partial charge on any atom is 0.0985 e. The van der Waals surface area contributed by atoms with Crippen LogP contribution in [-0.2, 0) is 5.11 Å². The monoisotopic (exact) mass is 275 g/mol. The van der Waals surface area contributed by atoms with Gasteiger partial charge >= 0.3 is 0 Å². The molecule has 0 aliphatic heterocycles. The molecule has 0 aliphatic carbocycles. The number of rotatable bonds is 14. The summed E-state index contributed by atoms with van der Waals surface area (Å²) in [4.78, 5) is 0. The molecule has 0 saturated carbocycles. The van der Waals surface area contributed by atoms with Crippen LogP contribution in [0, 0.1) is 0 Å². The minimum absolute atomic E-state index is 0.125. The molecule has 0 aromatic rings. The molecule has 0 bridgehead atoms. The van der Waals surface area contributed by atoms with E-state index in [0.717, 1.165) is 12.8 Å². The molecule has 0 aliphatic rings. The Morgan fingerprint density at radius 1 is 0.722 bits per heavy atom. The highest BCUT2D eigenvalue weighted by Crippen LogP contribution is 2.14. The molecule has 0 heterocycles. The van der Waals surface area contributed by atoms with E-state index >= 15 is 0 Å². The molecule has 0 amide bonds. The van der Waals surface area contributed by atoms with Gasteiger partial charge in [-0.05, 0) is 6.42 Å². The fourth-order valence-corrected chi connectivity index (χ4v) is 2.44. The average Bonchev–Trinajstić information content (AvgIpc) is 2.39. The number of hydrogen-bond donors (Lipinski definition) is 0. The standard InChI is InChI=1S/C16H32ClO/c1-2-3-4-5-6-7-8-9-10-11-12-13-14-16(17)15-18/h16H,2-15H2,1H3. The van der Waals surface area contributed by atoms with Crippen molar-refractivity contribution in [2.24, 2.45) is 0 Å². The molecule has 1 atom stereocenters. The van der Waals surface area contributed by atoms with Crippen LogP contribution in [0.2, 0.25) is 0 Å². The van der Waals surface area contributed by atoms with Crippen molar-refractivity contribution in [3.05, 3.63) is 0 Å². The Labute approximate surface area is 119 Å². The minimum atomic E-state index is -0.131. The predicted molar refractivity (Wildman–Crippen MR) is 80.9 cm³/mol. The summed E-state index contributed by atoms with van der Waals surface area (Å²) in [6, 6.07) is 0. The Morgan fingerprint density at radius 3 is 1.50 bits per heavy atom. The van der Waals surface area contributed by atoms with Crippen molar-refractivity contribution in [1.82, 2.24) is 0 Å². The predicted octanol–water partition coefficient (Wildman–Crippen LogP) is 6.12. The average molecular weight is 276 g/mol. The second-order valence-corrected chi connectivity index (χ2v) is 6.06. The third-order valence-corrected chi connectivity index (χ3v) is 3.90. The molecule has 0 aromatic heterocycles. The Kier molecular flexibility index (Phi) is 15.5. The van der Waals surface area contributed by atoms with Gasteiger partial charge in [0.15, 0.2) is 0 Å². The first-order valence-electron chi connectivity index (χ1n) is 8.03. The van der Waals surface area contributed by atoms with E-state index in [9.17, 15) is 5.11 Å². The lowest BCUT2D eigenvalue weighted by atomic mass is 10.0. The molecule has 0 aromatic carbocycles. The van der Waals surface area contributed by atoms with Crippen molar-refractivity contribution in [3.8, 4) is 0 Å². The lowest BCUT2D eigenvalue weighted by molar-refractivity contribution is 0.189. The third kappa shape index (κ3) is 14.3. The smallest absolute Gasteiger partial charge is 0.0985 e. The van der Waals surface area contributed by atoms with Gasteiger partial charge in [-0.2, -0.15) is 0 Å². The van der Waals surface area contributed by atoms with Crippen LogP contribution in [0.25, 0.3) is 0 Å². The van der Waals surface area contributed by atoms with Crippen LogP contribution in [0.15, 0.2) is 0 Å². The van der Waals surface area contributed by atoms with E-state index in [0.29, 0.717) is 0 Å². The first-order chi connectivity index (χ1) is 8.81. The van der Waals surface area contributed by atoms with Crippen LogP contribution in [0.3, 0.4) is 0 Å². The van der Waals surface area contributed by atoms with Crippen molar-refractivity contribution in [2.45, 2.75) is 95.8 Å². The number of unbranched alkanes of at least 4 members (excludes halogenated alkanes) is 11.